The fraction of sp³-hybridized carbons (Fsp3) is 0.568. The molecule has 24 nitrogen and oxygen atoms in total. The third kappa shape index (κ3) is 11.4. The van der Waals surface area contributed by atoms with E-state index in [1.807, 2.05) is 61.5 Å². The van der Waals surface area contributed by atoms with Crippen molar-refractivity contribution in [2.75, 3.05) is 25.1 Å². The van der Waals surface area contributed by atoms with Crippen molar-refractivity contribution >= 4 is 67.1 Å². The maximum atomic E-state index is 16.7. The quantitative estimate of drug-likeness (QED) is 0.0309. The topological polar surface area (TPSA) is 305 Å². The van der Waals surface area contributed by atoms with Gasteiger partial charge in [0.15, 0.2) is 53.2 Å². The van der Waals surface area contributed by atoms with Gasteiger partial charge in [-0.3, -0.25) is 27.7 Å². The molecule has 4 N–H and O–H groups in total. The van der Waals surface area contributed by atoms with Crippen molar-refractivity contribution < 1.29 is 73.6 Å². The number of carbonyl (C=O) groups excluding carboxylic acids is 1. The molecule has 7 rings (SSSR count). The number of halogens is 2. The van der Waals surface area contributed by atoms with Crippen LogP contribution in [0.25, 0.3) is 22.2 Å². The van der Waals surface area contributed by atoms with E-state index >= 15 is 13.3 Å². The zero-order valence-corrected chi connectivity index (χ0v) is 45.7. The Hall–Kier alpha value is -4.67. The second-order valence-corrected chi connectivity index (χ2v) is 29.9. The highest BCUT2D eigenvalue weighted by molar-refractivity contribution is 7.48. The number of ether oxygens (including phenoxy) is 2. The summed E-state index contributed by atoms with van der Waals surface area (Å²) >= 11 is 0. The maximum absolute atomic E-state index is 16.7. The Balaban J connectivity index is 1.27. The van der Waals surface area contributed by atoms with Crippen LogP contribution in [-0.2, 0) is 52.3 Å². The SMILES string of the molecule is CC(C)[Si](O)(O[Si](O[C@H]1[C@@H](OP(=O)(OCCC#N)OC[C@H]2O[C@@H](n3cnc4c(NC(=O)c5ccccc5)ncnc43)[C@H](F)[C@@H]2O[P+](=O)O)[C@H](n2cc(F)c3c(=O)n(C)cnc32)O[C@@H]1CO)(C(C)C)C(C)C)C(C)C. The highest BCUT2D eigenvalue weighted by Crippen LogP contribution is 2.56. The number of anilines is 1. The Labute approximate surface area is 426 Å². The highest BCUT2D eigenvalue weighted by Gasteiger charge is 2.61. The molecule has 0 aliphatic carbocycles. The van der Waals surface area contributed by atoms with E-state index in [1.165, 1.54) is 7.05 Å². The van der Waals surface area contributed by atoms with Crippen LogP contribution in [0.4, 0.5) is 14.6 Å². The molecular formula is C44H60F2N9O15P2Si2+. The first-order valence-corrected chi connectivity index (χ1v) is 30.3. The van der Waals surface area contributed by atoms with Crippen LogP contribution in [0.1, 0.15) is 84.6 Å². The van der Waals surface area contributed by atoms with Crippen molar-refractivity contribution in [1.82, 2.24) is 33.6 Å². The molecule has 4 aromatic heterocycles. The van der Waals surface area contributed by atoms with Gasteiger partial charge < -0.3 is 42.4 Å². The van der Waals surface area contributed by atoms with Crippen molar-refractivity contribution in [2.45, 2.75) is 133 Å². The number of aliphatic hydroxyl groups is 1. The molecule has 0 spiro atoms. The first kappa shape index (κ1) is 57.0. The Bertz CT molecular complexity index is 2950. The molecule has 1 amide bonds. The van der Waals surface area contributed by atoms with Crippen LogP contribution in [0.15, 0.2) is 60.3 Å². The molecule has 2 saturated heterocycles. The molecule has 402 valence electrons. The average molecular weight is 1110 g/mol. The monoisotopic (exact) mass is 1110 g/mol. The molecule has 0 radical (unpaired) electrons. The number of imidazole rings is 1. The molecule has 2 aliphatic heterocycles. The number of rotatable bonds is 23. The molecule has 2 unspecified atom stereocenters. The smallest absolute Gasteiger partial charge is 0.414 e. The number of aliphatic hydroxyl groups excluding tert-OH is 1. The summed E-state index contributed by atoms with van der Waals surface area (Å²) in [5.74, 6) is -1.58. The molecule has 5 aromatic rings. The second kappa shape index (κ2) is 23.3. The van der Waals surface area contributed by atoms with E-state index in [9.17, 15) is 34.2 Å². The van der Waals surface area contributed by atoms with Crippen molar-refractivity contribution in [3.63, 3.8) is 0 Å². The Morgan fingerprint density at radius 2 is 1.61 bits per heavy atom. The summed E-state index contributed by atoms with van der Waals surface area (Å²) in [5, 5.41) is 22.7. The number of alkyl halides is 1. The highest BCUT2D eigenvalue weighted by atomic mass is 31.2. The molecule has 74 heavy (non-hydrogen) atoms. The molecule has 0 saturated carbocycles. The zero-order chi connectivity index (χ0) is 54.0. The largest absolute Gasteiger partial charge is 0.695 e. The van der Waals surface area contributed by atoms with Crippen LogP contribution in [0.5, 0.6) is 0 Å². The number of nitrogens with one attached hydrogen (secondary N) is 1. The molecule has 10 atom stereocenters. The van der Waals surface area contributed by atoms with Gasteiger partial charge in [-0.2, -0.15) is 5.26 Å². The van der Waals surface area contributed by atoms with Crippen LogP contribution in [0, 0.1) is 17.1 Å². The summed E-state index contributed by atoms with van der Waals surface area (Å²) in [5.41, 5.74) is -2.22. The lowest BCUT2D eigenvalue weighted by molar-refractivity contribution is -0.0615. The summed E-state index contributed by atoms with van der Waals surface area (Å²) in [6.45, 7) is 12.4. The third-order valence-corrected chi connectivity index (χ3v) is 24.6. The van der Waals surface area contributed by atoms with Gasteiger partial charge in [0.1, 0.15) is 36.1 Å². The van der Waals surface area contributed by atoms with Crippen molar-refractivity contribution in [3.8, 4) is 6.07 Å². The van der Waals surface area contributed by atoms with Crippen molar-refractivity contribution in [1.29, 1.82) is 5.26 Å². The lowest BCUT2D eigenvalue weighted by atomic mass is 10.1. The van der Waals surface area contributed by atoms with Gasteiger partial charge in [0.25, 0.3) is 11.5 Å². The Morgan fingerprint density at radius 1 is 0.932 bits per heavy atom. The second-order valence-electron chi connectivity index (χ2n) is 19.0. The van der Waals surface area contributed by atoms with Crippen molar-refractivity contribution in [2.24, 2.45) is 7.05 Å². The van der Waals surface area contributed by atoms with Gasteiger partial charge in [0, 0.05) is 23.4 Å². The van der Waals surface area contributed by atoms with E-state index in [1.54, 1.807) is 30.3 Å². The fourth-order valence-corrected chi connectivity index (χ4v) is 20.8. The molecule has 6 heterocycles. The number of phosphoric ester groups is 1. The lowest BCUT2D eigenvalue weighted by Gasteiger charge is -2.47. The molecule has 2 fully saturated rings. The van der Waals surface area contributed by atoms with E-state index in [0.717, 1.165) is 38.9 Å². The number of carbonyl (C=O) groups is 1. The molecule has 1 aromatic carbocycles. The third-order valence-electron chi connectivity index (χ3n) is 13.0. The van der Waals surface area contributed by atoms with Gasteiger partial charge in [-0.05, 0) is 34.3 Å². The maximum Gasteiger partial charge on any atom is 0.695 e. The summed E-state index contributed by atoms with van der Waals surface area (Å²) < 4.78 is 113. The number of hydrogen-bond donors (Lipinski definition) is 4. The number of hydrogen-bond acceptors (Lipinski definition) is 19. The number of nitriles is 1. The van der Waals surface area contributed by atoms with Gasteiger partial charge in [0.2, 0.25) is 0 Å². The number of nitrogens with zero attached hydrogens (tertiary/aromatic N) is 8. The lowest BCUT2D eigenvalue weighted by Crippen LogP contribution is -2.62. The fourth-order valence-electron chi connectivity index (χ4n) is 9.08. The standard InChI is InChI=1S/C44H59F2N9O15P2Si2/c1-24(2)73(62,25(3)4)70-74(26(5)6,27(7)8)69-36-30(19-56)65-44(54-18-29(45)32-39(54)51-22-53(9)42(32)58)37(36)68-72(61,63-17-13-16-47)64-20-31-35(67-71(59)60)33(46)43(66-31)55-23-50-34-38(48-21-49-40(34)55)52-41(57)28-14-11-10-12-15-28/h10-12,14-15,18,21-27,30-31,33,35-37,43-44,56,62H,13,17,19-20H2,1-9H3,(H-,48,49,52,57,59,60)/p+1/t30-,31-,33-,35-,36-,37-,43-,44-,72?/m1/s1. The zero-order valence-electron chi connectivity index (χ0n) is 41.9. The average Bonchev–Trinajstić information content (AvgIpc) is 4.11. The van der Waals surface area contributed by atoms with Crippen LogP contribution in [-0.4, -0.2) is 128 Å². The predicted molar refractivity (Wildman–Crippen MR) is 264 cm³/mol. The summed E-state index contributed by atoms with van der Waals surface area (Å²) in [6, 6.07) is 10.1. The Kier molecular flexibility index (Phi) is 18.0. The van der Waals surface area contributed by atoms with Crippen LogP contribution < -0.4 is 10.9 Å². The number of benzene rings is 1. The van der Waals surface area contributed by atoms with Gasteiger partial charge in [-0.1, -0.05) is 73.6 Å². The first-order valence-electron chi connectivity index (χ1n) is 23.7. The first-order chi connectivity index (χ1) is 35.0. The van der Waals surface area contributed by atoms with E-state index in [2.05, 4.69) is 25.3 Å². The van der Waals surface area contributed by atoms with Gasteiger partial charge >= 0.3 is 33.2 Å². The minimum Gasteiger partial charge on any atom is -0.414 e. The number of fused-ring (bicyclic) bond motifs is 2. The van der Waals surface area contributed by atoms with Gasteiger partial charge in [-0.25, -0.2) is 33.3 Å². The Morgan fingerprint density at radius 3 is 2.23 bits per heavy atom. The van der Waals surface area contributed by atoms with Crippen LogP contribution >= 0.6 is 16.1 Å². The van der Waals surface area contributed by atoms with E-state index in [0.29, 0.717) is 5.56 Å². The van der Waals surface area contributed by atoms with Gasteiger partial charge in [0.05, 0.1) is 45.0 Å². The summed E-state index contributed by atoms with van der Waals surface area (Å²) in [4.78, 5) is 65.4. The van der Waals surface area contributed by atoms with Gasteiger partial charge in [-0.15, -0.1) is 9.42 Å². The number of aryl methyl sites for hydroxylation is 1. The van der Waals surface area contributed by atoms with Crippen LogP contribution in [0.3, 0.4) is 0 Å². The van der Waals surface area contributed by atoms with E-state index in [-0.39, 0.29) is 40.1 Å². The molecule has 0 bridgehead atoms. The van der Waals surface area contributed by atoms with Crippen LogP contribution in [0.2, 0.25) is 22.2 Å². The summed E-state index contributed by atoms with van der Waals surface area (Å²) in [6.07, 6.45) is -9.97. The summed E-state index contributed by atoms with van der Waals surface area (Å²) in [7, 11) is -14.8. The van der Waals surface area contributed by atoms with E-state index < -0.39 is 136 Å². The molecular weight excluding hydrogens is 1050 g/mol. The number of phosphoric acid groups is 1. The van der Waals surface area contributed by atoms with Crippen molar-refractivity contribution in [3.05, 3.63) is 77.2 Å². The minimum atomic E-state index is -5.21. The number of aromatic nitrogens is 7. The minimum absolute atomic E-state index is 0.0202. The molecule has 2 aliphatic rings. The number of amides is 1. The predicted octanol–water partition coefficient (Wildman–Crippen LogP) is 6.49. The molecule has 30 heteroatoms. The van der Waals surface area contributed by atoms with E-state index in [4.69, 9.17) is 36.1 Å². The normalized spacial score (nSPS) is 23.7.